The Kier molecular flexibility index (Phi) is 4.92. The third-order valence-corrected chi connectivity index (χ3v) is 4.28. The number of amides is 3. The minimum absolute atomic E-state index is 0.233. The van der Waals surface area contributed by atoms with Crippen LogP contribution in [0.15, 0.2) is 40.0 Å². The molecule has 0 aliphatic carbocycles. The maximum absolute atomic E-state index is 11.6. The number of hydrogen-bond donors (Lipinski definition) is 1. The highest BCUT2D eigenvalue weighted by molar-refractivity contribution is 7.98. The Morgan fingerprint density at radius 3 is 2.83 bits per heavy atom. The van der Waals surface area contributed by atoms with Gasteiger partial charge in [-0.25, -0.2) is 4.79 Å². The van der Waals surface area contributed by atoms with Crippen molar-refractivity contribution < 1.29 is 14.0 Å². The third-order valence-electron chi connectivity index (χ3n) is 3.39. The highest BCUT2D eigenvalue weighted by Gasteiger charge is 2.23. The fraction of sp³-hybridized carbons (Fsp3) is 0.333. The van der Waals surface area contributed by atoms with Gasteiger partial charge in [0.05, 0.1) is 0 Å². The largest absolute Gasteiger partial charge is 0.416 e. The maximum atomic E-state index is 11.6. The number of thioether (sulfide) groups is 1. The molecule has 120 valence electrons. The molecule has 7 nitrogen and oxygen atoms in total. The van der Waals surface area contributed by atoms with Gasteiger partial charge in [-0.1, -0.05) is 42.1 Å². The quantitative estimate of drug-likeness (QED) is 0.812. The molecule has 3 amide bonds. The van der Waals surface area contributed by atoms with Crippen molar-refractivity contribution in [1.29, 1.82) is 0 Å². The van der Waals surface area contributed by atoms with Gasteiger partial charge < -0.3 is 9.32 Å². The van der Waals surface area contributed by atoms with E-state index in [1.165, 1.54) is 17.3 Å². The molecule has 1 N–H and O–H groups in total. The second kappa shape index (κ2) is 7.28. The van der Waals surface area contributed by atoms with Crippen molar-refractivity contribution in [2.45, 2.75) is 23.8 Å². The van der Waals surface area contributed by atoms with Gasteiger partial charge in [-0.15, -0.1) is 10.2 Å². The van der Waals surface area contributed by atoms with E-state index in [1.54, 1.807) is 4.90 Å². The Morgan fingerprint density at radius 1 is 1.22 bits per heavy atom. The molecular formula is C15H16N4O3S. The molecule has 2 heterocycles. The number of benzene rings is 1. The Bertz CT molecular complexity index is 689. The van der Waals surface area contributed by atoms with Gasteiger partial charge in [0.1, 0.15) is 0 Å². The number of urea groups is 1. The zero-order valence-electron chi connectivity index (χ0n) is 12.4. The van der Waals surface area contributed by atoms with Crippen molar-refractivity contribution in [1.82, 2.24) is 20.4 Å². The summed E-state index contributed by atoms with van der Waals surface area (Å²) in [5.74, 6) is 1.02. The van der Waals surface area contributed by atoms with E-state index in [1.807, 2.05) is 30.3 Å². The van der Waals surface area contributed by atoms with Gasteiger partial charge >= 0.3 is 6.03 Å². The van der Waals surface area contributed by atoms with Crippen molar-refractivity contribution in [3.05, 3.63) is 41.8 Å². The van der Waals surface area contributed by atoms with E-state index in [-0.39, 0.29) is 11.9 Å². The Hall–Kier alpha value is -2.35. The van der Waals surface area contributed by atoms with E-state index in [0.29, 0.717) is 37.0 Å². The summed E-state index contributed by atoms with van der Waals surface area (Å²) < 4.78 is 5.57. The Morgan fingerprint density at radius 2 is 2.04 bits per heavy atom. The van der Waals surface area contributed by atoms with E-state index in [4.69, 9.17) is 4.42 Å². The minimum Gasteiger partial charge on any atom is -0.416 e. The first-order chi connectivity index (χ1) is 11.2. The standard InChI is InChI=1S/C15H16N4O3S/c20-12-6-8-19(14(21)16-12)9-7-13-17-18-15(22-13)23-10-11-4-2-1-3-5-11/h1-5H,6-10H2,(H,16,20,21). The van der Waals surface area contributed by atoms with E-state index >= 15 is 0 Å². The van der Waals surface area contributed by atoms with E-state index in [0.717, 1.165) is 5.75 Å². The van der Waals surface area contributed by atoms with Gasteiger partial charge in [0.2, 0.25) is 11.8 Å². The molecule has 1 fully saturated rings. The molecule has 1 saturated heterocycles. The predicted molar refractivity (Wildman–Crippen MR) is 83.7 cm³/mol. The summed E-state index contributed by atoms with van der Waals surface area (Å²) in [7, 11) is 0. The minimum atomic E-state index is -0.362. The first-order valence-corrected chi connectivity index (χ1v) is 8.27. The Labute approximate surface area is 137 Å². The van der Waals surface area contributed by atoms with Crippen LogP contribution in [0.25, 0.3) is 0 Å². The van der Waals surface area contributed by atoms with Crippen molar-refractivity contribution in [3.8, 4) is 0 Å². The lowest BCUT2D eigenvalue weighted by Crippen LogP contribution is -2.49. The summed E-state index contributed by atoms with van der Waals surface area (Å²) in [6.45, 7) is 0.874. The van der Waals surface area contributed by atoms with Gasteiger partial charge in [-0.05, 0) is 5.56 Å². The summed E-state index contributed by atoms with van der Waals surface area (Å²) in [6, 6.07) is 9.68. The van der Waals surface area contributed by atoms with Crippen LogP contribution in [0, 0.1) is 0 Å². The zero-order chi connectivity index (χ0) is 16.1. The molecule has 0 atom stereocenters. The SMILES string of the molecule is O=C1CCN(CCc2nnc(SCc3ccccc3)o2)C(=O)N1. The summed E-state index contributed by atoms with van der Waals surface area (Å²) in [5, 5.41) is 10.8. The number of nitrogens with one attached hydrogen (secondary N) is 1. The lowest BCUT2D eigenvalue weighted by Gasteiger charge is -2.25. The lowest BCUT2D eigenvalue weighted by molar-refractivity contribution is -0.121. The average molecular weight is 332 g/mol. The highest BCUT2D eigenvalue weighted by atomic mass is 32.2. The third kappa shape index (κ3) is 4.32. The van der Waals surface area contributed by atoms with Gasteiger partial charge in [0.15, 0.2) is 0 Å². The van der Waals surface area contributed by atoms with Gasteiger partial charge in [-0.3, -0.25) is 10.1 Å². The summed E-state index contributed by atoms with van der Waals surface area (Å²) >= 11 is 1.48. The van der Waals surface area contributed by atoms with Crippen LogP contribution < -0.4 is 5.32 Å². The molecule has 1 aliphatic rings. The maximum Gasteiger partial charge on any atom is 0.324 e. The highest BCUT2D eigenvalue weighted by Crippen LogP contribution is 2.21. The second-order valence-corrected chi connectivity index (χ2v) is 6.00. The van der Waals surface area contributed by atoms with Crippen LogP contribution in [-0.2, 0) is 17.0 Å². The first kappa shape index (κ1) is 15.5. The predicted octanol–water partition coefficient (Wildman–Crippen LogP) is 1.85. The number of imide groups is 1. The first-order valence-electron chi connectivity index (χ1n) is 7.28. The Balaban J connectivity index is 1.47. The molecule has 1 aromatic heterocycles. The van der Waals surface area contributed by atoms with E-state index in [2.05, 4.69) is 15.5 Å². The van der Waals surface area contributed by atoms with Crippen LogP contribution in [0.5, 0.6) is 0 Å². The van der Waals surface area contributed by atoms with Gasteiger partial charge in [0.25, 0.3) is 5.22 Å². The number of aromatic nitrogens is 2. The van der Waals surface area contributed by atoms with Crippen molar-refractivity contribution in [2.24, 2.45) is 0 Å². The van der Waals surface area contributed by atoms with E-state index in [9.17, 15) is 9.59 Å². The molecule has 2 aromatic rings. The zero-order valence-corrected chi connectivity index (χ0v) is 13.2. The van der Waals surface area contributed by atoms with Crippen LogP contribution in [0.3, 0.4) is 0 Å². The fourth-order valence-electron chi connectivity index (χ4n) is 2.16. The monoisotopic (exact) mass is 332 g/mol. The van der Waals surface area contributed by atoms with Gasteiger partial charge in [0, 0.05) is 31.7 Å². The number of carbonyl (C=O) groups is 2. The number of hydrogen-bond acceptors (Lipinski definition) is 6. The normalized spacial score (nSPS) is 14.9. The molecule has 0 radical (unpaired) electrons. The molecule has 0 bridgehead atoms. The topological polar surface area (TPSA) is 88.3 Å². The molecule has 0 unspecified atom stereocenters. The fourth-order valence-corrected chi connectivity index (χ4v) is 2.90. The van der Waals surface area contributed by atoms with Crippen molar-refractivity contribution in [3.63, 3.8) is 0 Å². The summed E-state index contributed by atoms with van der Waals surface area (Å²) in [5.41, 5.74) is 1.19. The second-order valence-electron chi connectivity index (χ2n) is 5.08. The smallest absolute Gasteiger partial charge is 0.324 e. The molecular weight excluding hydrogens is 316 g/mol. The van der Waals surface area contributed by atoms with Crippen LogP contribution in [-0.4, -0.2) is 40.1 Å². The number of rotatable bonds is 6. The molecule has 8 heteroatoms. The van der Waals surface area contributed by atoms with Crippen LogP contribution in [0.4, 0.5) is 4.79 Å². The van der Waals surface area contributed by atoms with Crippen LogP contribution in [0.1, 0.15) is 17.9 Å². The lowest BCUT2D eigenvalue weighted by atomic mass is 10.2. The molecule has 0 spiro atoms. The molecule has 3 rings (SSSR count). The summed E-state index contributed by atoms with van der Waals surface area (Å²) in [4.78, 5) is 24.3. The number of carbonyl (C=O) groups excluding carboxylic acids is 2. The molecule has 1 aliphatic heterocycles. The van der Waals surface area contributed by atoms with Crippen molar-refractivity contribution >= 4 is 23.7 Å². The number of nitrogens with zero attached hydrogens (tertiary/aromatic N) is 3. The van der Waals surface area contributed by atoms with Crippen LogP contribution in [0.2, 0.25) is 0 Å². The molecule has 23 heavy (non-hydrogen) atoms. The van der Waals surface area contributed by atoms with E-state index < -0.39 is 0 Å². The van der Waals surface area contributed by atoms with Gasteiger partial charge in [-0.2, -0.15) is 0 Å². The molecule has 0 saturated carbocycles. The molecule has 1 aromatic carbocycles. The van der Waals surface area contributed by atoms with Crippen molar-refractivity contribution in [2.75, 3.05) is 13.1 Å². The average Bonchev–Trinajstić information content (AvgIpc) is 3.01. The summed E-state index contributed by atoms with van der Waals surface area (Å²) in [6.07, 6.45) is 0.800. The van der Waals surface area contributed by atoms with Crippen LogP contribution >= 0.6 is 11.8 Å².